The summed E-state index contributed by atoms with van der Waals surface area (Å²) in [5.74, 6) is 0. The molecular formula is C11H15BrOS. The van der Waals surface area contributed by atoms with Crippen molar-refractivity contribution in [3.63, 3.8) is 0 Å². The highest BCUT2D eigenvalue weighted by molar-refractivity contribution is 9.10. The Balaban J connectivity index is 2.47. The third-order valence-corrected chi connectivity index (χ3v) is 5.44. The quantitative estimate of drug-likeness (QED) is 0.828. The molecule has 1 N–H and O–H groups in total. The molecular weight excluding hydrogens is 260 g/mol. The SMILES string of the molecule is CC1(O)CCCC1(C)c1cscc1Br. The molecule has 78 valence electrons. The van der Waals surface area contributed by atoms with Crippen LogP contribution >= 0.6 is 27.3 Å². The summed E-state index contributed by atoms with van der Waals surface area (Å²) in [5.41, 5.74) is 0.632. The highest BCUT2D eigenvalue weighted by Gasteiger charge is 2.49. The van der Waals surface area contributed by atoms with E-state index in [2.05, 4.69) is 33.6 Å². The van der Waals surface area contributed by atoms with Crippen LogP contribution in [-0.2, 0) is 5.41 Å². The molecule has 0 amide bonds. The van der Waals surface area contributed by atoms with Crippen molar-refractivity contribution in [2.24, 2.45) is 0 Å². The van der Waals surface area contributed by atoms with Crippen molar-refractivity contribution in [3.8, 4) is 0 Å². The average Bonchev–Trinajstić information content (AvgIpc) is 2.59. The molecule has 2 atom stereocenters. The van der Waals surface area contributed by atoms with Crippen LogP contribution in [0.4, 0.5) is 0 Å². The Labute approximate surface area is 97.3 Å². The second-order valence-electron chi connectivity index (χ2n) is 4.59. The van der Waals surface area contributed by atoms with Crippen LogP contribution in [0.5, 0.6) is 0 Å². The van der Waals surface area contributed by atoms with Crippen molar-refractivity contribution in [1.82, 2.24) is 0 Å². The lowest BCUT2D eigenvalue weighted by Gasteiger charge is -2.37. The summed E-state index contributed by atoms with van der Waals surface area (Å²) in [7, 11) is 0. The minimum atomic E-state index is -0.559. The lowest BCUT2D eigenvalue weighted by atomic mass is 9.73. The predicted octanol–water partition coefficient (Wildman–Crippen LogP) is 3.70. The van der Waals surface area contributed by atoms with E-state index in [1.54, 1.807) is 11.3 Å². The fourth-order valence-electron chi connectivity index (χ4n) is 2.43. The number of hydrogen-bond donors (Lipinski definition) is 1. The third-order valence-electron chi connectivity index (χ3n) is 3.74. The summed E-state index contributed by atoms with van der Waals surface area (Å²) in [6, 6.07) is 0. The minimum absolute atomic E-state index is 0.0775. The van der Waals surface area contributed by atoms with Gasteiger partial charge in [-0.05, 0) is 53.1 Å². The standard InChI is InChI=1S/C11H15BrOS/c1-10(4-3-5-11(10,2)13)8-6-14-7-9(8)12/h6-7,13H,3-5H2,1-2H3. The molecule has 1 heterocycles. The van der Waals surface area contributed by atoms with Gasteiger partial charge in [0.2, 0.25) is 0 Å². The Hall–Kier alpha value is 0.140. The molecule has 1 aliphatic rings. The molecule has 1 saturated carbocycles. The first-order valence-electron chi connectivity index (χ1n) is 4.92. The van der Waals surface area contributed by atoms with Gasteiger partial charge in [0.1, 0.15) is 0 Å². The molecule has 1 fully saturated rings. The van der Waals surface area contributed by atoms with Crippen LogP contribution in [0.1, 0.15) is 38.7 Å². The fraction of sp³-hybridized carbons (Fsp3) is 0.636. The topological polar surface area (TPSA) is 20.2 Å². The monoisotopic (exact) mass is 274 g/mol. The van der Waals surface area contributed by atoms with Crippen LogP contribution in [0.15, 0.2) is 15.2 Å². The zero-order valence-corrected chi connectivity index (χ0v) is 10.9. The van der Waals surface area contributed by atoms with E-state index in [1.165, 1.54) is 5.56 Å². The Kier molecular flexibility index (Phi) is 2.53. The van der Waals surface area contributed by atoms with Crippen molar-refractivity contribution in [2.75, 3.05) is 0 Å². The van der Waals surface area contributed by atoms with Gasteiger partial charge in [0.05, 0.1) is 5.60 Å². The van der Waals surface area contributed by atoms with E-state index in [1.807, 2.05) is 6.92 Å². The highest BCUT2D eigenvalue weighted by atomic mass is 79.9. The molecule has 0 saturated heterocycles. The van der Waals surface area contributed by atoms with E-state index in [4.69, 9.17) is 0 Å². The first-order chi connectivity index (χ1) is 6.47. The second-order valence-corrected chi connectivity index (χ2v) is 6.19. The van der Waals surface area contributed by atoms with Crippen molar-refractivity contribution in [3.05, 3.63) is 20.8 Å². The number of rotatable bonds is 1. The van der Waals surface area contributed by atoms with Gasteiger partial charge < -0.3 is 5.11 Å². The number of halogens is 1. The molecule has 1 aromatic rings. The predicted molar refractivity (Wildman–Crippen MR) is 63.8 cm³/mol. The summed E-state index contributed by atoms with van der Waals surface area (Å²) in [5, 5.41) is 14.6. The second kappa shape index (κ2) is 3.32. The van der Waals surface area contributed by atoms with Gasteiger partial charge >= 0.3 is 0 Å². The molecule has 3 heteroatoms. The van der Waals surface area contributed by atoms with E-state index >= 15 is 0 Å². The van der Waals surface area contributed by atoms with Crippen molar-refractivity contribution >= 4 is 27.3 Å². The summed E-state index contributed by atoms with van der Waals surface area (Å²) < 4.78 is 1.15. The van der Waals surface area contributed by atoms with Gasteiger partial charge in [-0.3, -0.25) is 0 Å². The van der Waals surface area contributed by atoms with Crippen molar-refractivity contribution < 1.29 is 5.11 Å². The molecule has 2 rings (SSSR count). The Morgan fingerprint density at radius 1 is 1.36 bits per heavy atom. The van der Waals surface area contributed by atoms with E-state index in [9.17, 15) is 5.11 Å². The smallest absolute Gasteiger partial charge is 0.0714 e. The average molecular weight is 275 g/mol. The lowest BCUT2D eigenvalue weighted by Crippen LogP contribution is -2.42. The lowest BCUT2D eigenvalue weighted by molar-refractivity contribution is 0.00680. The molecule has 0 spiro atoms. The first-order valence-corrected chi connectivity index (χ1v) is 6.65. The van der Waals surface area contributed by atoms with Gasteiger partial charge in [0, 0.05) is 15.3 Å². The Morgan fingerprint density at radius 2 is 2.07 bits per heavy atom. The van der Waals surface area contributed by atoms with E-state index in [0.717, 1.165) is 23.7 Å². The first kappa shape index (κ1) is 10.7. The van der Waals surface area contributed by atoms with Crippen LogP contribution in [0, 0.1) is 0 Å². The number of hydrogen-bond acceptors (Lipinski definition) is 2. The molecule has 0 aromatic carbocycles. The van der Waals surface area contributed by atoms with Crippen molar-refractivity contribution in [2.45, 2.75) is 44.1 Å². The van der Waals surface area contributed by atoms with Crippen molar-refractivity contribution in [1.29, 1.82) is 0 Å². The summed E-state index contributed by atoms with van der Waals surface area (Å²) in [4.78, 5) is 0. The van der Waals surface area contributed by atoms with Crippen LogP contribution in [0.3, 0.4) is 0 Å². The van der Waals surface area contributed by atoms with Crippen LogP contribution in [0.25, 0.3) is 0 Å². The fourth-order valence-corrected chi connectivity index (χ4v) is 4.30. The Morgan fingerprint density at radius 3 is 2.50 bits per heavy atom. The number of thiophene rings is 1. The van der Waals surface area contributed by atoms with Gasteiger partial charge in [-0.1, -0.05) is 6.92 Å². The Bertz CT molecular complexity index is 345. The minimum Gasteiger partial charge on any atom is -0.389 e. The zero-order chi connectivity index (χ0) is 10.4. The maximum atomic E-state index is 10.4. The van der Waals surface area contributed by atoms with E-state index in [-0.39, 0.29) is 5.41 Å². The van der Waals surface area contributed by atoms with Gasteiger partial charge in [-0.25, -0.2) is 0 Å². The summed E-state index contributed by atoms with van der Waals surface area (Å²) in [6.45, 7) is 4.14. The molecule has 14 heavy (non-hydrogen) atoms. The molecule has 0 aliphatic heterocycles. The third kappa shape index (κ3) is 1.37. The zero-order valence-electron chi connectivity index (χ0n) is 8.51. The molecule has 1 nitrogen and oxygen atoms in total. The van der Waals surface area contributed by atoms with E-state index < -0.39 is 5.60 Å². The molecule has 0 bridgehead atoms. The van der Waals surface area contributed by atoms with Gasteiger partial charge in [0.15, 0.2) is 0 Å². The molecule has 2 unspecified atom stereocenters. The largest absolute Gasteiger partial charge is 0.389 e. The van der Waals surface area contributed by atoms with Gasteiger partial charge in [0.25, 0.3) is 0 Å². The normalized spacial score (nSPS) is 37.7. The van der Waals surface area contributed by atoms with Gasteiger partial charge in [-0.2, -0.15) is 11.3 Å². The summed E-state index contributed by atoms with van der Waals surface area (Å²) >= 11 is 5.26. The maximum Gasteiger partial charge on any atom is 0.0714 e. The summed E-state index contributed by atoms with van der Waals surface area (Å²) in [6.07, 6.45) is 3.10. The molecule has 1 aromatic heterocycles. The van der Waals surface area contributed by atoms with Crippen LogP contribution < -0.4 is 0 Å². The van der Waals surface area contributed by atoms with Crippen LogP contribution in [0.2, 0.25) is 0 Å². The van der Waals surface area contributed by atoms with Gasteiger partial charge in [-0.15, -0.1) is 0 Å². The van der Waals surface area contributed by atoms with Crippen LogP contribution in [-0.4, -0.2) is 10.7 Å². The number of aliphatic hydroxyl groups is 1. The highest BCUT2D eigenvalue weighted by Crippen LogP contribution is 2.50. The maximum absolute atomic E-state index is 10.4. The molecule has 1 aliphatic carbocycles. The van der Waals surface area contributed by atoms with E-state index in [0.29, 0.717) is 0 Å². The molecule has 0 radical (unpaired) electrons.